The fourth-order valence-corrected chi connectivity index (χ4v) is 3.87. The molecule has 1 fully saturated rings. The first-order valence-electron chi connectivity index (χ1n) is 9.44. The monoisotopic (exact) mass is 435 g/mol. The molecule has 6 nitrogen and oxygen atoms in total. The summed E-state index contributed by atoms with van der Waals surface area (Å²) < 4.78 is 0. The van der Waals surface area contributed by atoms with Gasteiger partial charge in [-0.3, -0.25) is 14.5 Å². The van der Waals surface area contributed by atoms with Gasteiger partial charge in [-0.15, -0.1) is 0 Å². The minimum atomic E-state index is -0.385. The van der Waals surface area contributed by atoms with E-state index in [2.05, 4.69) is 10.6 Å². The molecule has 2 aromatic carbocycles. The van der Waals surface area contributed by atoms with Gasteiger partial charge in [-0.2, -0.15) is 0 Å². The number of para-hydroxylation sites is 3. The molecule has 154 valence electrons. The maximum absolute atomic E-state index is 12.6. The molecule has 0 unspecified atom stereocenters. The Bertz CT molecular complexity index is 878. The van der Waals surface area contributed by atoms with Crippen LogP contribution in [-0.2, 0) is 9.59 Å². The van der Waals surface area contributed by atoms with E-state index in [1.54, 1.807) is 36.4 Å². The summed E-state index contributed by atoms with van der Waals surface area (Å²) in [6.07, 6.45) is 1.26. The van der Waals surface area contributed by atoms with E-state index in [4.69, 9.17) is 23.2 Å². The van der Waals surface area contributed by atoms with E-state index in [0.717, 1.165) is 0 Å². The van der Waals surface area contributed by atoms with E-state index in [9.17, 15) is 14.7 Å². The molecule has 3 N–H and O–H groups in total. The Kier molecular flexibility index (Phi) is 7.00. The average molecular weight is 436 g/mol. The fourth-order valence-electron chi connectivity index (χ4n) is 3.37. The van der Waals surface area contributed by atoms with Crippen LogP contribution in [0.3, 0.4) is 0 Å². The molecule has 29 heavy (non-hydrogen) atoms. The zero-order chi connectivity index (χ0) is 21.0. The van der Waals surface area contributed by atoms with Crippen LogP contribution in [0, 0.1) is 5.92 Å². The van der Waals surface area contributed by atoms with Crippen LogP contribution in [0.2, 0.25) is 10.0 Å². The summed E-state index contributed by atoms with van der Waals surface area (Å²) in [5.74, 6) is -0.441. The number of nitrogens with one attached hydrogen (secondary N) is 2. The van der Waals surface area contributed by atoms with Crippen molar-refractivity contribution in [3.05, 3.63) is 52.5 Å². The van der Waals surface area contributed by atoms with Gasteiger partial charge in [-0.1, -0.05) is 41.4 Å². The van der Waals surface area contributed by atoms with Crippen LogP contribution in [0.4, 0.5) is 11.4 Å². The lowest BCUT2D eigenvalue weighted by atomic mass is 9.94. The average Bonchev–Trinajstić information content (AvgIpc) is 2.72. The first-order valence-corrected chi connectivity index (χ1v) is 10.2. The predicted octanol–water partition coefficient (Wildman–Crippen LogP) is 4.38. The van der Waals surface area contributed by atoms with Crippen LogP contribution < -0.4 is 10.6 Å². The number of hydrogen-bond donors (Lipinski definition) is 3. The SMILES string of the molecule is C[C@@H](C(=O)Nc1c(Cl)cccc1Cl)N1CCC(C(=O)Nc2ccccc2O)CC1. The van der Waals surface area contributed by atoms with Crippen LogP contribution in [0.25, 0.3) is 0 Å². The van der Waals surface area contributed by atoms with E-state index in [-0.39, 0.29) is 29.5 Å². The van der Waals surface area contributed by atoms with Gasteiger partial charge >= 0.3 is 0 Å². The van der Waals surface area contributed by atoms with Gasteiger partial charge in [0, 0.05) is 5.92 Å². The minimum absolute atomic E-state index is 0.0433. The number of benzene rings is 2. The number of nitrogens with zero attached hydrogens (tertiary/aromatic N) is 1. The summed E-state index contributed by atoms with van der Waals surface area (Å²) in [5, 5.41) is 16.2. The first kappa shape index (κ1) is 21.4. The predicted molar refractivity (Wildman–Crippen MR) is 116 cm³/mol. The first-order chi connectivity index (χ1) is 13.9. The van der Waals surface area contributed by atoms with Gasteiger partial charge in [0.1, 0.15) is 5.75 Å². The summed E-state index contributed by atoms with van der Waals surface area (Å²) in [7, 11) is 0. The van der Waals surface area contributed by atoms with Gasteiger partial charge in [0.15, 0.2) is 0 Å². The number of anilines is 2. The highest BCUT2D eigenvalue weighted by molar-refractivity contribution is 6.39. The maximum Gasteiger partial charge on any atom is 0.241 e. The van der Waals surface area contributed by atoms with Crippen molar-refractivity contribution >= 4 is 46.4 Å². The Labute approximate surface area is 179 Å². The van der Waals surface area contributed by atoms with Gasteiger partial charge in [0.25, 0.3) is 0 Å². The van der Waals surface area contributed by atoms with E-state index in [1.807, 2.05) is 11.8 Å². The molecule has 0 aromatic heterocycles. The van der Waals surface area contributed by atoms with Crippen LogP contribution >= 0.6 is 23.2 Å². The molecule has 2 aromatic rings. The molecule has 1 heterocycles. The van der Waals surface area contributed by atoms with Crippen molar-refractivity contribution in [1.29, 1.82) is 0 Å². The summed E-state index contributed by atoms with van der Waals surface area (Å²) >= 11 is 12.2. The third kappa shape index (κ3) is 5.21. The van der Waals surface area contributed by atoms with E-state index in [1.165, 1.54) is 6.07 Å². The summed E-state index contributed by atoms with van der Waals surface area (Å²) in [6.45, 7) is 3.05. The lowest BCUT2D eigenvalue weighted by molar-refractivity contribution is -0.123. The van der Waals surface area contributed by atoms with Gasteiger partial charge in [-0.05, 0) is 57.1 Å². The fraction of sp³-hybridized carbons (Fsp3) is 0.333. The Morgan fingerprint density at radius 1 is 1.03 bits per heavy atom. The largest absolute Gasteiger partial charge is 0.506 e. The number of likely N-dealkylation sites (tertiary alicyclic amines) is 1. The van der Waals surface area contributed by atoms with Crippen molar-refractivity contribution in [2.75, 3.05) is 23.7 Å². The molecular weight excluding hydrogens is 413 g/mol. The molecule has 3 rings (SSSR count). The Morgan fingerprint density at radius 3 is 2.28 bits per heavy atom. The number of hydrogen-bond acceptors (Lipinski definition) is 4. The third-order valence-electron chi connectivity index (χ3n) is 5.20. The van der Waals surface area contributed by atoms with Crippen LogP contribution in [0.1, 0.15) is 19.8 Å². The number of piperidine rings is 1. The Balaban J connectivity index is 1.54. The van der Waals surface area contributed by atoms with Crippen molar-refractivity contribution in [1.82, 2.24) is 4.90 Å². The molecule has 1 aliphatic heterocycles. The Morgan fingerprint density at radius 2 is 1.66 bits per heavy atom. The van der Waals surface area contributed by atoms with Crippen LogP contribution in [0.15, 0.2) is 42.5 Å². The molecule has 0 bridgehead atoms. The molecule has 0 radical (unpaired) electrons. The molecular formula is C21H23Cl2N3O3. The van der Waals surface area contributed by atoms with E-state index in [0.29, 0.717) is 47.4 Å². The highest BCUT2D eigenvalue weighted by Gasteiger charge is 2.30. The molecule has 2 amide bonds. The third-order valence-corrected chi connectivity index (χ3v) is 5.83. The molecule has 0 aliphatic carbocycles. The van der Waals surface area contributed by atoms with Crippen molar-refractivity contribution in [2.45, 2.75) is 25.8 Å². The van der Waals surface area contributed by atoms with Crippen LogP contribution in [-0.4, -0.2) is 41.0 Å². The number of amides is 2. The highest BCUT2D eigenvalue weighted by atomic mass is 35.5. The molecule has 1 atom stereocenters. The number of rotatable bonds is 5. The van der Waals surface area contributed by atoms with E-state index < -0.39 is 0 Å². The molecule has 1 aliphatic rings. The van der Waals surface area contributed by atoms with Crippen molar-refractivity contribution in [3.63, 3.8) is 0 Å². The normalized spacial score (nSPS) is 16.2. The summed E-state index contributed by atoms with van der Waals surface area (Å²) in [5.41, 5.74) is 0.814. The minimum Gasteiger partial charge on any atom is -0.506 e. The summed E-state index contributed by atoms with van der Waals surface area (Å²) in [6, 6.07) is 11.3. The smallest absolute Gasteiger partial charge is 0.241 e. The molecule has 0 saturated carbocycles. The molecule has 0 spiro atoms. The second-order valence-corrected chi connectivity index (χ2v) is 7.89. The van der Waals surface area contributed by atoms with Gasteiger partial charge < -0.3 is 15.7 Å². The zero-order valence-electron chi connectivity index (χ0n) is 16.0. The quantitative estimate of drug-likeness (QED) is 0.608. The van der Waals surface area contributed by atoms with Gasteiger partial charge in [0.05, 0.1) is 27.5 Å². The van der Waals surface area contributed by atoms with Crippen LogP contribution in [0.5, 0.6) is 5.75 Å². The second-order valence-electron chi connectivity index (χ2n) is 7.08. The highest BCUT2D eigenvalue weighted by Crippen LogP contribution is 2.30. The number of aromatic hydroxyl groups is 1. The number of phenolic OH excluding ortho intramolecular Hbond substituents is 1. The summed E-state index contributed by atoms with van der Waals surface area (Å²) in [4.78, 5) is 27.2. The Hall–Kier alpha value is -2.28. The second kappa shape index (κ2) is 9.48. The zero-order valence-corrected chi connectivity index (χ0v) is 17.5. The van der Waals surface area contributed by atoms with Gasteiger partial charge in [-0.25, -0.2) is 0 Å². The van der Waals surface area contributed by atoms with E-state index >= 15 is 0 Å². The number of halogens is 2. The molecule has 1 saturated heterocycles. The molecule has 8 heteroatoms. The lowest BCUT2D eigenvalue weighted by Gasteiger charge is -2.34. The van der Waals surface area contributed by atoms with Crippen molar-refractivity contribution in [2.24, 2.45) is 5.92 Å². The number of carbonyl (C=O) groups is 2. The van der Waals surface area contributed by atoms with Crippen molar-refractivity contribution in [3.8, 4) is 5.75 Å². The number of carbonyl (C=O) groups excluding carboxylic acids is 2. The van der Waals surface area contributed by atoms with Gasteiger partial charge in [0.2, 0.25) is 11.8 Å². The van der Waals surface area contributed by atoms with Crippen molar-refractivity contribution < 1.29 is 14.7 Å². The standard InChI is InChI=1S/C21H23Cl2N3O3/c1-13(20(28)25-19-15(22)5-4-6-16(19)23)26-11-9-14(10-12-26)21(29)24-17-7-2-3-8-18(17)27/h2-8,13-14,27H,9-12H2,1H3,(H,24,29)(H,25,28)/t13-/m0/s1. The lowest BCUT2D eigenvalue weighted by Crippen LogP contribution is -2.47. The number of phenols is 1. The maximum atomic E-state index is 12.6. The topological polar surface area (TPSA) is 81.7 Å².